The number of halogens is 4. The average Bonchev–Trinajstić information content (AvgIpc) is 3.49. The number of methoxy groups -OCH3 is 1. The monoisotopic (exact) mass is 401 g/mol. The Labute approximate surface area is 157 Å². The molecule has 1 saturated carbocycles. The second-order valence-electron chi connectivity index (χ2n) is 5.80. The summed E-state index contributed by atoms with van der Waals surface area (Å²) in [7, 11) is 1.20. The van der Waals surface area contributed by atoms with E-state index in [1.54, 1.807) is 0 Å². The number of nitrogens with zero attached hydrogens (tertiary/aromatic N) is 2. The quantitative estimate of drug-likeness (QED) is 0.690. The third-order valence-electron chi connectivity index (χ3n) is 3.81. The molecule has 144 valence electrons. The molecule has 0 saturated heterocycles. The van der Waals surface area contributed by atoms with Gasteiger partial charge in [-0.3, -0.25) is 0 Å². The molecule has 0 amide bonds. The van der Waals surface area contributed by atoms with Crippen molar-refractivity contribution in [3.8, 4) is 5.75 Å². The van der Waals surface area contributed by atoms with Crippen molar-refractivity contribution in [2.75, 3.05) is 12.4 Å². The second kappa shape index (κ2) is 7.99. The van der Waals surface area contributed by atoms with Crippen LogP contribution in [0.4, 0.5) is 24.7 Å². The van der Waals surface area contributed by atoms with E-state index in [0.29, 0.717) is 5.69 Å². The standard InChI is InChI=1S/C17H15ClF3N3O3/c1-26-17(25)12-16(22-7-11(23-12)8-5-6-8)24-10-4-2-3-9(18)13(10)27-15(21)14(19)20/h2-4,7-8,14-15H,5-6H2,1H3,(H,22,24). The van der Waals surface area contributed by atoms with Gasteiger partial charge in [-0.05, 0) is 25.0 Å². The Morgan fingerprint density at radius 2 is 2.07 bits per heavy atom. The Bertz CT molecular complexity index is 849. The van der Waals surface area contributed by atoms with Crippen LogP contribution in [-0.2, 0) is 4.74 Å². The van der Waals surface area contributed by atoms with Crippen LogP contribution >= 0.6 is 11.6 Å². The number of hydrogen-bond donors (Lipinski definition) is 1. The topological polar surface area (TPSA) is 73.3 Å². The molecule has 0 bridgehead atoms. The maximum absolute atomic E-state index is 13.4. The highest BCUT2D eigenvalue weighted by Crippen LogP contribution is 2.40. The Hall–Kier alpha value is -2.55. The van der Waals surface area contributed by atoms with Crippen LogP contribution < -0.4 is 10.1 Å². The summed E-state index contributed by atoms with van der Waals surface area (Å²) in [4.78, 5) is 20.5. The Kier molecular flexibility index (Phi) is 5.69. The number of alkyl halides is 3. The highest BCUT2D eigenvalue weighted by atomic mass is 35.5. The first-order chi connectivity index (χ1) is 12.9. The van der Waals surface area contributed by atoms with E-state index in [0.717, 1.165) is 12.8 Å². The van der Waals surface area contributed by atoms with Crippen molar-refractivity contribution < 1.29 is 27.4 Å². The molecule has 0 aliphatic heterocycles. The van der Waals surface area contributed by atoms with Crippen LogP contribution in [0.1, 0.15) is 34.9 Å². The van der Waals surface area contributed by atoms with Gasteiger partial charge >= 0.3 is 12.4 Å². The molecule has 10 heteroatoms. The van der Waals surface area contributed by atoms with Crippen LogP contribution in [0.2, 0.25) is 5.02 Å². The predicted molar refractivity (Wildman–Crippen MR) is 91.6 cm³/mol. The maximum Gasteiger partial charge on any atom is 0.360 e. The largest absolute Gasteiger partial charge is 0.464 e. The molecule has 1 N–H and O–H groups in total. The van der Waals surface area contributed by atoms with Gasteiger partial charge in [-0.25, -0.2) is 23.5 Å². The van der Waals surface area contributed by atoms with Crippen molar-refractivity contribution in [2.45, 2.75) is 31.5 Å². The van der Waals surface area contributed by atoms with E-state index < -0.39 is 18.8 Å². The minimum absolute atomic E-state index is 0.00539. The number of esters is 1. The van der Waals surface area contributed by atoms with Crippen LogP contribution in [0.5, 0.6) is 5.75 Å². The number of benzene rings is 1. The summed E-state index contributed by atoms with van der Waals surface area (Å²) >= 11 is 5.94. The fraction of sp³-hybridized carbons (Fsp3) is 0.353. The van der Waals surface area contributed by atoms with Gasteiger partial charge in [0.2, 0.25) is 0 Å². The Morgan fingerprint density at radius 1 is 1.33 bits per heavy atom. The summed E-state index contributed by atoms with van der Waals surface area (Å²) in [6.07, 6.45) is -2.79. The number of nitrogens with one attached hydrogen (secondary N) is 1. The predicted octanol–water partition coefficient (Wildman–Crippen LogP) is 4.48. The highest BCUT2D eigenvalue weighted by molar-refractivity contribution is 6.32. The lowest BCUT2D eigenvalue weighted by molar-refractivity contribution is -0.0664. The van der Waals surface area contributed by atoms with E-state index in [4.69, 9.17) is 16.3 Å². The minimum Gasteiger partial charge on any atom is -0.464 e. The Balaban J connectivity index is 1.95. The third kappa shape index (κ3) is 4.41. The van der Waals surface area contributed by atoms with E-state index in [-0.39, 0.29) is 33.9 Å². The molecule has 1 unspecified atom stereocenters. The van der Waals surface area contributed by atoms with Gasteiger partial charge < -0.3 is 14.8 Å². The fourth-order valence-corrected chi connectivity index (χ4v) is 2.55. The molecule has 0 spiro atoms. The first kappa shape index (κ1) is 19.2. The SMILES string of the molecule is COC(=O)c1nc(C2CC2)cnc1Nc1cccc(Cl)c1OC(F)C(F)F. The van der Waals surface area contributed by atoms with Crippen molar-refractivity contribution in [2.24, 2.45) is 0 Å². The molecule has 1 aromatic heterocycles. The van der Waals surface area contributed by atoms with E-state index in [1.165, 1.54) is 31.5 Å². The number of carbonyl (C=O) groups excluding carboxylic acids is 1. The number of ether oxygens (including phenoxy) is 2. The smallest absolute Gasteiger partial charge is 0.360 e. The van der Waals surface area contributed by atoms with Crippen LogP contribution in [0.15, 0.2) is 24.4 Å². The van der Waals surface area contributed by atoms with Gasteiger partial charge in [0.05, 0.1) is 29.7 Å². The molecule has 1 aromatic carbocycles. The van der Waals surface area contributed by atoms with E-state index in [1.807, 2.05) is 0 Å². The molecule has 1 aliphatic carbocycles. The fourth-order valence-electron chi connectivity index (χ4n) is 2.33. The van der Waals surface area contributed by atoms with Crippen LogP contribution in [0.25, 0.3) is 0 Å². The van der Waals surface area contributed by atoms with Crippen molar-refractivity contribution >= 4 is 29.1 Å². The molecule has 1 heterocycles. The molecule has 1 fully saturated rings. The van der Waals surface area contributed by atoms with Crippen LogP contribution in [0.3, 0.4) is 0 Å². The Morgan fingerprint density at radius 3 is 2.70 bits per heavy atom. The number of carbonyl (C=O) groups is 1. The van der Waals surface area contributed by atoms with Crippen LogP contribution in [-0.4, -0.2) is 35.8 Å². The van der Waals surface area contributed by atoms with Crippen molar-refractivity contribution in [1.82, 2.24) is 9.97 Å². The summed E-state index contributed by atoms with van der Waals surface area (Å²) in [6, 6.07) is 4.26. The zero-order valence-electron chi connectivity index (χ0n) is 14.1. The summed E-state index contributed by atoms with van der Waals surface area (Å²) in [5, 5.41) is 2.64. The van der Waals surface area contributed by atoms with E-state index in [2.05, 4.69) is 20.0 Å². The maximum atomic E-state index is 13.4. The minimum atomic E-state index is -3.35. The molecular formula is C17H15ClF3N3O3. The first-order valence-electron chi connectivity index (χ1n) is 8.00. The van der Waals surface area contributed by atoms with Gasteiger partial charge in [-0.2, -0.15) is 4.39 Å². The van der Waals surface area contributed by atoms with Crippen molar-refractivity contribution in [1.29, 1.82) is 0 Å². The highest BCUT2D eigenvalue weighted by Gasteiger charge is 2.29. The molecule has 6 nitrogen and oxygen atoms in total. The molecule has 1 atom stereocenters. The van der Waals surface area contributed by atoms with Gasteiger partial charge in [0.15, 0.2) is 17.3 Å². The molecular weight excluding hydrogens is 387 g/mol. The van der Waals surface area contributed by atoms with Crippen LogP contribution in [0, 0.1) is 0 Å². The third-order valence-corrected chi connectivity index (χ3v) is 4.11. The van der Waals surface area contributed by atoms with Gasteiger partial charge in [-0.1, -0.05) is 17.7 Å². The zero-order valence-corrected chi connectivity index (χ0v) is 14.8. The van der Waals surface area contributed by atoms with E-state index >= 15 is 0 Å². The van der Waals surface area contributed by atoms with Crippen molar-refractivity contribution in [3.63, 3.8) is 0 Å². The lowest BCUT2D eigenvalue weighted by Crippen LogP contribution is -2.20. The number of aromatic nitrogens is 2. The number of anilines is 2. The summed E-state index contributed by atoms with van der Waals surface area (Å²) < 4.78 is 47.7. The lowest BCUT2D eigenvalue weighted by atomic mass is 10.2. The lowest BCUT2D eigenvalue weighted by Gasteiger charge is -2.17. The van der Waals surface area contributed by atoms with Gasteiger partial charge in [0, 0.05) is 5.92 Å². The summed E-state index contributed by atoms with van der Waals surface area (Å²) in [5.41, 5.74) is 0.618. The van der Waals surface area contributed by atoms with Gasteiger partial charge in [0.1, 0.15) is 0 Å². The number of para-hydroxylation sites is 1. The zero-order chi connectivity index (χ0) is 19.6. The van der Waals surface area contributed by atoms with Gasteiger partial charge in [-0.15, -0.1) is 0 Å². The second-order valence-corrected chi connectivity index (χ2v) is 6.21. The first-order valence-corrected chi connectivity index (χ1v) is 8.38. The summed E-state index contributed by atoms with van der Waals surface area (Å²) in [6.45, 7) is 0. The number of hydrogen-bond acceptors (Lipinski definition) is 6. The molecule has 0 radical (unpaired) electrons. The normalized spacial score (nSPS) is 14.7. The molecule has 2 aromatic rings. The van der Waals surface area contributed by atoms with Gasteiger partial charge in [0.25, 0.3) is 6.36 Å². The number of rotatable bonds is 7. The van der Waals surface area contributed by atoms with Crippen molar-refractivity contribution in [3.05, 3.63) is 40.8 Å². The molecule has 1 aliphatic rings. The summed E-state index contributed by atoms with van der Waals surface area (Å²) in [5.74, 6) is -0.812. The van der Waals surface area contributed by atoms with E-state index in [9.17, 15) is 18.0 Å². The molecule has 27 heavy (non-hydrogen) atoms. The average molecular weight is 402 g/mol. The molecule has 3 rings (SSSR count).